The van der Waals surface area contributed by atoms with E-state index in [1.165, 1.54) is 0 Å². The lowest BCUT2D eigenvalue weighted by Crippen LogP contribution is -2.12. The predicted molar refractivity (Wildman–Crippen MR) is 154 cm³/mol. The fourth-order valence-electron chi connectivity index (χ4n) is 5.32. The molecule has 4 aromatic rings. The first-order valence-corrected chi connectivity index (χ1v) is 14.0. The second-order valence-electron chi connectivity index (χ2n) is 10.5. The van der Waals surface area contributed by atoms with Crippen molar-refractivity contribution in [2.24, 2.45) is 0 Å². The topological polar surface area (TPSA) is 83.6 Å². The Morgan fingerprint density at radius 3 is 2.21 bits per heavy atom. The van der Waals surface area contributed by atoms with Crippen molar-refractivity contribution in [1.29, 1.82) is 0 Å². The standard InChI is InChI=1S/C32H31Cl2NO4/c1-20-30(28(36)5-3-2-4-21-6-15-26(33)27(34)18-21)31(39-35-20)24-9-7-22(8-10-24)23-11-13-25(14-12-23)32(16-17-32)19-29(37)38/h6-15,18,28,36H,2-5,16-17,19H2,1H3,(H,37,38). The molecule has 3 aromatic carbocycles. The highest BCUT2D eigenvalue weighted by molar-refractivity contribution is 6.42. The van der Waals surface area contributed by atoms with Crippen LogP contribution in [0.3, 0.4) is 0 Å². The lowest BCUT2D eigenvalue weighted by molar-refractivity contribution is -0.137. The van der Waals surface area contributed by atoms with Gasteiger partial charge < -0.3 is 14.7 Å². The van der Waals surface area contributed by atoms with Gasteiger partial charge in [-0.15, -0.1) is 0 Å². The number of halogens is 2. The third-order valence-corrected chi connectivity index (χ3v) is 8.48. The highest BCUT2D eigenvalue weighted by Crippen LogP contribution is 2.51. The van der Waals surface area contributed by atoms with E-state index in [-0.39, 0.29) is 11.8 Å². The number of aliphatic hydroxyl groups is 1. The van der Waals surface area contributed by atoms with Gasteiger partial charge in [0.05, 0.1) is 33.8 Å². The van der Waals surface area contributed by atoms with Crippen LogP contribution in [0, 0.1) is 6.92 Å². The highest BCUT2D eigenvalue weighted by atomic mass is 35.5. The number of aryl methyl sites for hydroxylation is 2. The monoisotopic (exact) mass is 563 g/mol. The lowest BCUT2D eigenvalue weighted by Gasteiger charge is -2.14. The van der Waals surface area contributed by atoms with Crippen LogP contribution in [0.5, 0.6) is 0 Å². The maximum absolute atomic E-state index is 11.2. The quantitative estimate of drug-likeness (QED) is 0.178. The van der Waals surface area contributed by atoms with Crippen LogP contribution in [0.25, 0.3) is 22.5 Å². The molecule has 0 aliphatic heterocycles. The zero-order valence-electron chi connectivity index (χ0n) is 21.8. The number of rotatable bonds is 11. The number of nitrogens with zero attached hydrogens (tertiary/aromatic N) is 1. The molecule has 1 fully saturated rings. The minimum absolute atomic E-state index is 0.184. The zero-order chi connectivity index (χ0) is 27.6. The number of aliphatic carboxylic acids is 1. The zero-order valence-corrected chi connectivity index (χ0v) is 23.3. The minimum Gasteiger partial charge on any atom is -0.481 e. The lowest BCUT2D eigenvalue weighted by atomic mass is 9.90. The molecule has 0 spiro atoms. The van der Waals surface area contributed by atoms with Crippen molar-refractivity contribution in [2.45, 2.75) is 63.4 Å². The molecule has 1 heterocycles. The molecule has 0 amide bonds. The molecular formula is C32H31Cl2NO4. The van der Waals surface area contributed by atoms with Gasteiger partial charge in [-0.05, 0) is 73.4 Å². The van der Waals surface area contributed by atoms with Gasteiger partial charge in [-0.1, -0.05) is 89.4 Å². The number of carboxylic acid groups (broad SMARTS) is 1. The maximum atomic E-state index is 11.2. The number of hydrogen-bond acceptors (Lipinski definition) is 4. The highest BCUT2D eigenvalue weighted by Gasteiger charge is 2.45. The van der Waals surface area contributed by atoms with Crippen molar-refractivity contribution in [3.8, 4) is 22.5 Å². The van der Waals surface area contributed by atoms with Crippen LogP contribution in [0.1, 0.15) is 67.0 Å². The molecule has 1 saturated carbocycles. The number of aromatic nitrogens is 1. The number of hydrogen-bond donors (Lipinski definition) is 2. The Morgan fingerprint density at radius 1 is 0.949 bits per heavy atom. The van der Waals surface area contributed by atoms with Crippen LogP contribution in [0.15, 0.2) is 71.3 Å². The summed E-state index contributed by atoms with van der Waals surface area (Å²) >= 11 is 12.1. The average molecular weight is 565 g/mol. The van der Waals surface area contributed by atoms with E-state index >= 15 is 0 Å². The Balaban J connectivity index is 1.23. The summed E-state index contributed by atoms with van der Waals surface area (Å²) in [6.45, 7) is 1.86. The van der Waals surface area contributed by atoms with Gasteiger partial charge >= 0.3 is 5.97 Å². The third kappa shape index (κ3) is 6.22. The van der Waals surface area contributed by atoms with Gasteiger partial charge in [0.25, 0.3) is 0 Å². The summed E-state index contributed by atoms with van der Waals surface area (Å²) in [6, 6.07) is 21.9. The van der Waals surface area contributed by atoms with E-state index in [9.17, 15) is 15.0 Å². The van der Waals surface area contributed by atoms with Crippen LogP contribution in [0.2, 0.25) is 10.0 Å². The first-order chi connectivity index (χ1) is 18.8. The molecule has 0 bridgehead atoms. The Labute approximate surface area is 238 Å². The van der Waals surface area contributed by atoms with Gasteiger partial charge in [0.2, 0.25) is 0 Å². The second-order valence-corrected chi connectivity index (χ2v) is 11.3. The van der Waals surface area contributed by atoms with Crippen molar-refractivity contribution in [2.75, 3.05) is 0 Å². The number of unbranched alkanes of at least 4 members (excludes halogenated alkanes) is 1. The fraction of sp³-hybridized carbons (Fsp3) is 0.312. The van der Waals surface area contributed by atoms with Gasteiger partial charge in [-0.2, -0.15) is 0 Å². The van der Waals surface area contributed by atoms with Crippen LogP contribution in [-0.2, 0) is 16.6 Å². The molecule has 2 N–H and O–H groups in total. The number of aliphatic hydroxyl groups excluding tert-OH is 1. The molecule has 1 unspecified atom stereocenters. The van der Waals surface area contributed by atoms with Crippen molar-refractivity contribution in [3.05, 3.63) is 99.2 Å². The molecule has 0 radical (unpaired) electrons. The third-order valence-electron chi connectivity index (χ3n) is 7.74. The van der Waals surface area contributed by atoms with Crippen LogP contribution in [0.4, 0.5) is 0 Å². The van der Waals surface area contributed by atoms with Crippen LogP contribution < -0.4 is 0 Å². The van der Waals surface area contributed by atoms with E-state index in [0.717, 1.165) is 65.5 Å². The van der Waals surface area contributed by atoms with E-state index in [0.29, 0.717) is 27.9 Å². The molecule has 0 saturated heterocycles. The van der Waals surface area contributed by atoms with Gasteiger partial charge in [-0.3, -0.25) is 4.79 Å². The molecule has 5 rings (SSSR count). The largest absolute Gasteiger partial charge is 0.481 e. The Hall–Kier alpha value is -3.12. The summed E-state index contributed by atoms with van der Waals surface area (Å²) in [5, 5.41) is 25.5. The summed E-state index contributed by atoms with van der Waals surface area (Å²) in [6.07, 6.45) is 4.58. The minimum atomic E-state index is -0.748. The molecule has 7 heteroatoms. The van der Waals surface area contributed by atoms with E-state index in [1.807, 2.05) is 49.4 Å². The van der Waals surface area contributed by atoms with E-state index < -0.39 is 12.1 Å². The maximum Gasteiger partial charge on any atom is 0.304 e. The molecule has 1 aliphatic rings. The first-order valence-electron chi connectivity index (χ1n) is 13.3. The summed E-state index contributed by atoms with van der Waals surface area (Å²) in [7, 11) is 0. The van der Waals surface area contributed by atoms with Crippen molar-refractivity contribution in [3.63, 3.8) is 0 Å². The molecular weight excluding hydrogens is 533 g/mol. The smallest absolute Gasteiger partial charge is 0.304 e. The Kier molecular flexibility index (Phi) is 8.13. The predicted octanol–water partition coefficient (Wildman–Crippen LogP) is 8.58. The average Bonchev–Trinajstić information content (AvgIpc) is 3.60. The molecule has 202 valence electrons. The van der Waals surface area contributed by atoms with E-state index in [2.05, 4.69) is 29.4 Å². The van der Waals surface area contributed by atoms with Crippen molar-refractivity contribution in [1.82, 2.24) is 5.16 Å². The molecule has 5 nitrogen and oxygen atoms in total. The van der Waals surface area contributed by atoms with Crippen molar-refractivity contribution < 1.29 is 19.5 Å². The summed E-state index contributed by atoms with van der Waals surface area (Å²) in [5.74, 6) is -0.154. The van der Waals surface area contributed by atoms with Gasteiger partial charge in [0.15, 0.2) is 5.76 Å². The van der Waals surface area contributed by atoms with Crippen molar-refractivity contribution >= 4 is 29.2 Å². The molecule has 39 heavy (non-hydrogen) atoms. The summed E-state index contributed by atoms with van der Waals surface area (Å²) in [5.41, 5.74) is 6.42. The van der Waals surface area contributed by atoms with Gasteiger partial charge in [-0.25, -0.2) is 0 Å². The second kappa shape index (κ2) is 11.5. The Bertz CT molecular complexity index is 1460. The number of benzene rings is 3. The van der Waals surface area contributed by atoms with E-state index in [4.69, 9.17) is 27.7 Å². The summed E-state index contributed by atoms with van der Waals surface area (Å²) in [4.78, 5) is 11.2. The Morgan fingerprint density at radius 2 is 1.59 bits per heavy atom. The van der Waals surface area contributed by atoms with Crippen LogP contribution in [-0.4, -0.2) is 21.3 Å². The van der Waals surface area contributed by atoms with Gasteiger partial charge in [0, 0.05) is 11.0 Å². The molecule has 1 aromatic heterocycles. The summed E-state index contributed by atoms with van der Waals surface area (Å²) < 4.78 is 5.65. The molecule has 1 aliphatic carbocycles. The normalized spacial score (nSPS) is 14.8. The van der Waals surface area contributed by atoms with Gasteiger partial charge in [0.1, 0.15) is 0 Å². The number of carboxylic acids is 1. The molecule has 1 atom stereocenters. The van der Waals surface area contributed by atoms with E-state index in [1.54, 1.807) is 0 Å². The first kappa shape index (κ1) is 27.4. The fourth-order valence-corrected chi connectivity index (χ4v) is 5.64. The number of carbonyl (C=O) groups is 1. The van der Waals surface area contributed by atoms with Crippen LogP contribution >= 0.6 is 23.2 Å². The SMILES string of the molecule is Cc1noc(-c2ccc(-c3ccc(C4(CC(=O)O)CC4)cc3)cc2)c1C(O)CCCCc1ccc(Cl)c(Cl)c1.